The second-order valence-corrected chi connectivity index (χ2v) is 5.30. The number of nitrogens with zero attached hydrogens (tertiary/aromatic N) is 3. The zero-order valence-corrected chi connectivity index (χ0v) is 12.9. The van der Waals surface area contributed by atoms with E-state index in [1.54, 1.807) is 16.4 Å². The van der Waals surface area contributed by atoms with E-state index < -0.39 is 5.91 Å². The standard InChI is InChI=1S/C16H17N5O2/c1-10-15-13(7-8-17-16(15)21(2)19-10)18-12-5-3-11(4-6-12)9-14(22)20-23/h3-8,23H,9H2,1-2H3,(H,17,18)(H,20,22). The summed E-state index contributed by atoms with van der Waals surface area (Å²) >= 11 is 0. The van der Waals surface area contributed by atoms with Gasteiger partial charge in [0.15, 0.2) is 5.65 Å². The van der Waals surface area contributed by atoms with Gasteiger partial charge in [-0.2, -0.15) is 5.10 Å². The van der Waals surface area contributed by atoms with Gasteiger partial charge in [-0.05, 0) is 30.7 Å². The molecule has 7 nitrogen and oxygen atoms in total. The summed E-state index contributed by atoms with van der Waals surface area (Å²) in [6.07, 6.45) is 1.88. The Morgan fingerprint density at radius 2 is 2.00 bits per heavy atom. The van der Waals surface area contributed by atoms with Crippen molar-refractivity contribution in [1.82, 2.24) is 20.2 Å². The van der Waals surface area contributed by atoms with E-state index in [2.05, 4.69) is 15.4 Å². The molecule has 2 heterocycles. The number of carbonyl (C=O) groups excluding carboxylic acids is 1. The summed E-state index contributed by atoms with van der Waals surface area (Å²) in [5, 5.41) is 17.3. The Hall–Kier alpha value is -2.93. The van der Waals surface area contributed by atoms with Crippen molar-refractivity contribution in [1.29, 1.82) is 0 Å². The highest BCUT2D eigenvalue weighted by Gasteiger charge is 2.11. The van der Waals surface area contributed by atoms with Gasteiger partial charge in [0.25, 0.3) is 0 Å². The van der Waals surface area contributed by atoms with E-state index in [0.29, 0.717) is 0 Å². The Balaban J connectivity index is 1.86. The number of fused-ring (bicyclic) bond motifs is 1. The molecule has 3 N–H and O–H groups in total. The maximum absolute atomic E-state index is 11.2. The number of rotatable bonds is 4. The highest BCUT2D eigenvalue weighted by Crippen LogP contribution is 2.27. The van der Waals surface area contributed by atoms with Gasteiger partial charge in [-0.25, -0.2) is 10.5 Å². The van der Waals surface area contributed by atoms with Crippen LogP contribution in [0.4, 0.5) is 11.4 Å². The average molecular weight is 311 g/mol. The van der Waals surface area contributed by atoms with Crippen LogP contribution in [-0.2, 0) is 18.3 Å². The van der Waals surface area contributed by atoms with Crippen LogP contribution in [0.3, 0.4) is 0 Å². The number of amides is 1. The number of carbonyl (C=O) groups is 1. The SMILES string of the molecule is Cc1nn(C)c2nccc(Nc3ccc(CC(=O)NO)cc3)c12. The van der Waals surface area contributed by atoms with Crippen molar-refractivity contribution in [3.05, 3.63) is 47.8 Å². The van der Waals surface area contributed by atoms with Crippen LogP contribution < -0.4 is 10.8 Å². The van der Waals surface area contributed by atoms with Crippen LogP contribution in [0.15, 0.2) is 36.5 Å². The number of aromatic nitrogens is 3. The maximum atomic E-state index is 11.2. The van der Waals surface area contributed by atoms with Crippen LogP contribution in [0.2, 0.25) is 0 Å². The van der Waals surface area contributed by atoms with Crippen molar-refractivity contribution in [2.45, 2.75) is 13.3 Å². The zero-order valence-electron chi connectivity index (χ0n) is 12.9. The Kier molecular flexibility index (Phi) is 3.94. The number of anilines is 2. The monoisotopic (exact) mass is 311 g/mol. The summed E-state index contributed by atoms with van der Waals surface area (Å²) in [4.78, 5) is 15.5. The van der Waals surface area contributed by atoms with E-state index in [1.165, 1.54) is 0 Å². The first-order chi connectivity index (χ1) is 11.1. The number of hydroxylamine groups is 1. The molecule has 1 amide bonds. The lowest BCUT2D eigenvalue weighted by molar-refractivity contribution is -0.128. The molecule has 0 atom stereocenters. The Bertz CT molecular complexity index is 855. The molecule has 7 heteroatoms. The minimum atomic E-state index is -0.437. The molecule has 3 rings (SSSR count). The van der Waals surface area contributed by atoms with Gasteiger partial charge in [-0.3, -0.25) is 14.7 Å². The van der Waals surface area contributed by atoms with E-state index in [0.717, 1.165) is 33.7 Å². The highest BCUT2D eigenvalue weighted by molar-refractivity contribution is 5.93. The predicted octanol–water partition coefficient (Wildman–Crippen LogP) is 2.07. The van der Waals surface area contributed by atoms with Crippen LogP contribution in [0, 0.1) is 6.92 Å². The van der Waals surface area contributed by atoms with Crippen LogP contribution in [-0.4, -0.2) is 25.9 Å². The van der Waals surface area contributed by atoms with Crippen molar-refractivity contribution in [2.24, 2.45) is 7.05 Å². The largest absolute Gasteiger partial charge is 0.355 e. The van der Waals surface area contributed by atoms with Gasteiger partial charge >= 0.3 is 0 Å². The van der Waals surface area contributed by atoms with Gasteiger partial charge in [-0.1, -0.05) is 12.1 Å². The zero-order chi connectivity index (χ0) is 16.4. The number of benzene rings is 1. The number of pyridine rings is 1. The Morgan fingerprint density at radius 1 is 1.26 bits per heavy atom. The molecule has 2 aromatic heterocycles. The Morgan fingerprint density at radius 3 is 2.70 bits per heavy atom. The lowest BCUT2D eigenvalue weighted by Crippen LogP contribution is -2.20. The number of hydrogen-bond acceptors (Lipinski definition) is 5. The molecule has 0 aliphatic carbocycles. The molecule has 0 bridgehead atoms. The van der Waals surface area contributed by atoms with E-state index in [-0.39, 0.29) is 6.42 Å². The second-order valence-electron chi connectivity index (χ2n) is 5.30. The topological polar surface area (TPSA) is 92.1 Å². The van der Waals surface area contributed by atoms with Gasteiger partial charge in [-0.15, -0.1) is 0 Å². The van der Waals surface area contributed by atoms with Gasteiger partial charge in [0.05, 0.1) is 23.2 Å². The van der Waals surface area contributed by atoms with Gasteiger partial charge < -0.3 is 5.32 Å². The first-order valence-corrected chi connectivity index (χ1v) is 7.15. The maximum Gasteiger partial charge on any atom is 0.247 e. The van der Waals surface area contributed by atoms with E-state index in [1.807, 2.05) is 44.3 Å². The van der Waals surface area contributed by atoms with Crippen LogP contribution in [0.5, 0.6) is 0 Å². The van der Waals surface area contributed by atoms with Crippen molar-refractivity contribution < 1.29 is 10.0 Å². The van der Waals surface area contributed by atoms with Crippen molar-refractivity contribution in [3.63, 3.8) is 0 Å². The van der Waals surface area contributed by atoms with Crippen LogP contribution in [0.25, 0.3) is 11.0 Å². The summed E-state index contributed by atoms with van der Waals surface area (Å²) in [6, 6.07) is 9.36. The first kappa shape index (κ1) is 15.0. The molecule has 1 aromatic carbocycles. The average Bonchev–Trinajstić information content (AvgIpc) is 2.85. The molecule has 118 valence electrons. The second kappa shape index (κ2) is 6.05. The molecule has 23 heavy (non-hydrogen) atoms. The molecule has 0 unspecified atom stereocenters. The third-order valence-electron chi connectivity index (χ3n) is 3.62. The molecule has 0 aliphatic rings. The summed E-state index contributed by atoms with van der Waals surface area (Å²) < 4.78 is 1.76. The molecule has 3 aromatic rings. The van der Waals surface area contributed by atoms with Gasteiger partial charge in [0.1, 0.15) is 0 Å². The van der Waals surface area contributed by atoms with E-state index in [4.69, 9.17) is 5.21 Å². The van der Waals surface area contributed by atoms with Crippen molar-refractivity contribution in [2.75, 3.05) is 5.32 Å². The normalized spacial score (nSPS) is 10.7. The van der Waals surface area contributed by atoms with Crippen molar-refractivity contribution >= 4 is 28.3 Å². The predicted molar refractivity (Wildman–Crippen MR) is 86.6 cm³/mol. The molecule has 0 aliphatic heterocycles. The smallest absolute Gasteiger partial charge is 0.247 e. The van der Waals surface area contributed by atoms with Crippen molar-refractivity contribution in [3.8, 4) is 0 Å². The Labute approximate surface area is 132 Å². The minimum Gasteiger partial charge on any atom is -0.355 e. The molecular formula is C16H17N5O2. The molecule has 0 fully saturated rings. The number of aryl methyl sites for hydroxylation is 2. The van der Waals surface area contributed by atoms with Gasteiger partial charge in [0, 0.05) is 18.9 Å². The summed E-state index contributed by atoms with van der Waals surface area (Å²) in [6.45, 7) is 1.95. The quantitative estimate of drug-likeness (QED) is 0.507. The summed E-state index contributed by atoms with van der Waals surface area (Å²) in [5.41, 5.74) is 6.01. The molecule has 0 saturated heterocycles. The highest BCUT2D eigenvalue weighted by atomic mass is 16.5. The first-order valence-electron chi connectivity index (χ1n) is 7.15. The third-order valence-corrected chi connectivity index (χ3v) is 3.62. The van der Waals surface area contributed by atoms with Crippen LogP contribution >= 0.6 is 0 Å². The van der Waals surface area contributed by atoms with E-state index >= 15 is 0 Å². The fourth-order valence-corrected chi connectivity index (χ4v) is 2.57. The van der Waals surface area contributed by atoms with E-state index in [9.17, 15) is 4.79 Å². The lowest BCUT2D eigenvalue weighted by Gasteiger charge is -2.09. The molecule has 0 spiro atoms. The summed E-state index contributed by atoms with van der Waals surface area (Å²) in [7, 11) is 1.87. The number of nitrogens with one attached hydrogen (secondary N) is 2. The fourth-order valence-electron chi connectivity index (χ4n) is 2.57. The lowest BCUT2D eigenvalue weighted by atomic mass is 10.1. The summed E-state index contributed by atoms with van der Waals surface area (Å²) in [5.74, 6) is -0.437. The third kappa shape index (κ3) is 3.00. The van der Waals surface area contributed by atoms with Gasteiger partial charge in [0.2, 0.25) is 5.91 Å². The molecule has 0 radical (unpaired) electrons. The minimum absolute atomic E-state index is 0.137. The molecular weight excluding hydrogens is 294 g/mol. The number of hydrogen-bond donors (Lipinski definition) is 3. The van der Waals surface area contributed by atoms with Crippen LogP contribution in [0.1, 0.15) is 11.3 Å². The molecule has 0 saturated carbocycles. The fraction of sp³-hybridized carbons (Fsp3) is 0.188.